The topological polar surface area (TPSA) is 63.0 Å². The summed E-state index contributed by atoms with van der Waals surface area (Å²) in [5, 5.41) is 18.9. The van der Waals surface area contributed by atoms with Crippen molar-refractivity contribution in [1.29, 1.82) is 10.8 Å². The molecule has 2 aromatic rings. The third kappa shape index (κ3) is 10.5. The van der Waals surface area contributed by atoms with Crippen molar-refractivity contribution in [2.24, 2.45) is 0 Å². The molecule has 0 fully saturated rings. The molecule has 0 saturated heterocycles. The maximum absolute atomic E-state index is 13.7. The minimum Gasteiger partial charge on any atom is -0.385 e. The Morgan fingerprint density at radius 3 is 2.24 bits per heavy atom. The predicted molar refractivity (Wildman–Crippen MR) is 166 cm³/mol. The number of amidine groups is 1. The van der Waals surface area contributed by atoms with Gasteiger partial charge in [-0.3, -0.25) is 10.8 Å². The van der Waals surface area contributed by atoms with Crippen LogP contribution in [0.5, 0.6) is 0 Å². The molecule has 0 spiro atoms. The highest BCUT2D eigenvalue weighted by atomic mass is 35.5. The summed E-state index contributed by atoms with van der Waals surface area (Å²) >= 11 is 5.61. The molecule has 2 aromatic carbocycles. The van der Waals surface area contributed by atoms with Gasteiger partial charge in [-0.15, -0.1) is 11.6 Å². The van der Waals surface area contributed by atoms with Gasteiger partial charge in [0.1, 0.15) is 11.7 Å². The summed E-state index contributed by atoms with van der Waals surface area (Å²) < 4.78 is 52.2. The van der Waals surface area contributed by atoms with Gasteiger partial charge in [-0.2, -0.15) is 13.2 Å². The lowest BCUT2D eigenvalue weighted by Gasteiger charge is -2.18. The van der Waals surface area contributed by atoms with Crippen molar-refractivity contribution in [1.82, 2.24) is 4.90 Å². The average Bonchev–Trinajstić information content (AvgIpc) is 2.91. The zero-order valence-electron chi connectivity index (χ0n) is 24.7. The van der Waals surface area contributed by atoms with E-state index in [4.69, 9.17) is 22.4 Å². The second-order valence-corrected chi connectivity index (χ2v) is 9.85. The van der Waals surface area contributed by atoms with Crippen LogP contribution < -0.4 is 5.32 Å². The van der Waals surface area contributed by atoms with Crippen molar-refractivity contribution in [2.75, 3.05) is 24.8 Å². The summed E-state index contributed by atoms with van der Waals surface area (Å²) in [4.78, 5) is 1.35. The number of hydrogen-bond donors (Lipinski definition) is 3. The highest BCUT2D eigenvalue weighted by Gasteiger charge is 2.36. The van der Waals surface area contributed by atoms with Gasteiger partial charge >= 0.3 is 6.18 Å². The summed E-state index contributed by atoms with van der Waals surface area (Å²) in [7, 11) is 1.61. The van der Waals surface area contributed by atoms with E-state index in [0.29, 0.717) is 5.56 Å². The van der Waals surface area contributed by atoms with Crippen LogP contribution in [-0.2, 0) is 6.42 Å². The van der Waals surface area contributed by atoms with Crippen molar-refractivity contribution in [3.63, 3.8) is 0 Å². The molecule has 0 unspecified atom stereocenters. The van der Waals surface area contributed by atoms with E-state index < -0.39 is 17.6 Å². The summed E-state index contributed by atoms with van der Waals surface area (Å²) in [5.74, 6) is -0.471. The van der Waals surface area contributed by atoms with Crippen LogP contribution in [0.1, 0.15) is 58.6 Å². The second kappa shape index (κ2) is 16.8. The molecule has 4 nitrogen and oxygen atoms in total. The minimum absolute atomic E-state index is 0.00583. The van der Waals surface area contributed by atoms with Gasteiger partial charge in [0.25, 0.3) is 0 Å². The fourth-order valence-electron chi connectivity index (χ4n) is 4.27. The van der Waals surface area contributed by atoms with Crippen molar-refractivity contribution < 1.29 is 17.6 Å². The Balaban J connectivity index is 0.000000438. The number of nitrogens with zero attached hydrogens (tertiary/aromatic N) is 1. The molecule has 2 rings (SSSR count). The normalized spacial score (nSPS) is 12.1. The third-order valence-electron chi connectivity index (χ3n) is 6.19. The summed E-state index contributed by atoms with van der Waals surface area (Å²) in [5.41, 5.74) is 4.71. The molecule has 41 heavy (non-hydrogen) atoms. The fourth-order valence-corrected chi connectivity index (χ4v) is 4.48. The van der Waals surface area contributed by atoms with Crippen LogP contribution >= 0.6 is 11.6 Å². The van der Waals surface area contributed by atoms with E-state index in [0.717, 1.165) is 54.5 Å². The molecule has 0 amide bonds. The molecular formula is C32H41ClF4N4. The Labute approximate surface area is 246 Å². The molecule has 0 aliphatic heterocycles. The smallest absolute Gasteiger partial charge is 0.385 e. The first-order chi connectivity index (χ1) is 19.2. The molecule has 0 aliphatic rings. The quantitative estimate of drug-likeness (QED) is 0.0799. The number of allylic oxidation sites excluding steroid dienone is 5. The van der Waals surface area contributed by atoms with E-state index in [2.05, 4.69) is 24.9 Å². The Morgan fingerprint density at radius 1 is 1.10 bits per heavy atom. The summed E-state index contributed by atoms with van der Waals surface area (Å²) in [6.07, 6.45) is 0.744. The van der Waals surface area contributed by atoms with Crippen molar-refractivity contribution in [3.8, 4) is 11.1 Å². The monoisotopic (exact) mass is 592 g/mol. The Morgan fingerprint density at radius 2 is 1.76 bits per heavy atom. The SMILES string of the molecule is C=C(C)/C(=C(\C=C(\C)CCC)CCl)C(F)(F)F.CCNc1cc(-c2ccc(F)cc2C(=N)N(C)C=N)ccc1CC. The molecule has 9 heteroatoms. The van der Waals surface area contributed by atoms with E-state index in [1.807, 2.05) is 32.9 Å². The van der Waals surface area contributed by atoms with Crippen molar-refractivity contribution in [3.05, 3.63) is 88.3 Å². The van der Waals surface area contributed by atoms with E-state index >= 15 is 0 Å². The lowest BCUT2D eigenvalue weighted by molar-refractivity contribution is -0.0898. The lowest BCUT2D eigenvalue weighted by atomic mass is 9.96. The number of alkyl halides is 4. The van der Waals surface area contributed by atoms with Crippen molar-refractivity contribution in [2.45, 2.75) is 60.1 Å². The van der Waals surface area contributed by atoms with Crippen LogP contribution in [0.2, 0.25) is 0 Å². The molecule has 0 saturated carbocycles. The van der Waals surface area contributed by atoms with Crippen molar-refractivity contribution >= 4 is 29.5 Å². The summed E-state index contributed by atoms with van der Waals surface area (Å²) in [6, 6.07) is 10.5. The minimum atomic E-state index is -4.40. The average molecular weight is 593 g/mol. The van der Waals surface area contributed by atoms with E-state index in [-0.39, 0.29) is 22.9 Å². The second-order valence-electron chi connectivity index (χ2n) is 9.59. The number of benzene rings is 2. The Hall–Kier alpha value is -3.39. The molecule has 0 atom stereocenters. The standard InChI is InChI=1S/C19H23FN4.C13H18ClF3/c1-4-13-6-7-14(10-18(13)23-5-2)16-9-8-15(20)11-17(16)19(22)24(3)12-21;1-5-6-10(4)7-11(8-14)12(9(2)3)13(15,16)17/h6-12,21-23H,4-5H2,1-3H3;7H,2,5-6,8H2,1,3-4H3/b;10-7-,12-11-. The van der Waals surface area contributed by atoms with Crippen LogP contribution in [0.4, 0.5) is 23.2 Å². The maximum atomic E-state index is 13.7. The van der Waals surface area contributed by atoms with Crippen LogP contribution in [0, 0.1) is 16.6 Å². The highest BCUT2D eigenvalue weighted by Crippen LogP contribution is 2.34. The number of aryl methyl sites for hydroxylation is 1. The molecular weight excluding hydrogens is 552 g/mol. The van der Waals surface area contributed by atoms with E-state index in [1.54, 1.807) is 13.1 Å². The zero-order valence-corrected chi connectivity index (χ0v) is 25.5. The number of rotatable bonds is 11. The Bertz CT molecular complexity index is 1280. The number of nitrogens with one attached hydrogen (secondary N) is 3. The van der Waals surface area contributed by atoms with Gasteiger partial charge in [-0.05, 0) is 79.6 Å². The molecule has 0 radical (unpaired) electrons. The van der Waals surface area contributed by atoms with Gasteiger partial charge in [0.05, 0.1) is 11.9 Å². The van der Waals surface area contributed by atoms with Crippen LogP contribution in [0.3, 0.4) is 0 Å². The van der Waals surface area contributed by atoms with Gasteiger partial charge in [-0.25, -0.2) is 4.39 Å². The number of halogens is 5. The van der Waals surface area contributed by atoms with Crippen LogP contribution in [-0.4, -0.2) is 42.7 Å². The molecule has 0 aromatic heterocycles. The molecule has 0 heterocycles. The number of hydrogen-bond acceptors (Lipinski definition) is 3. The van der Waals surface area contributed by atoms with E-state index in [9.17, 15) is 17.6 Å². The van der Waals surface area contributed by atoms with E-state index in [1.165, 1.54) is 35.6 Å². The van der Waals surface area contributed by atoms with Gasteiger partial charge < -0.3 is 10.2 Å². The molecule has 3 N–H and O–H groups in total. The van der Waals surface area contributed by atoms with Crippen LogP contribution in [0.15, 0.2) is 71.3 Å². The maximum Gasteiger partial charge on any atom is 0.416 e. The van der Waals surface area contributed by atoms with Gasteiger partial charge in [0.15, 0.2) is 0 Å². The molecule has 0 aliphatic carbocycles. The molecule has 224 valence electrons. The van der Waals surface area contributed by atoms with Gasteiger partial charge in [0.2, 0.25) is 0 Å². The predicted octanol–water partition coefficient (Wildman–Crippen LogP) is 9.76. The third-order valence-corrected chi connectivity index (χ3v) is 6.48. The highest BCUT2D eigenvalue weighted by molar-refractivity contribution is 6.19. The summed E-state index contributed by atoms with van der Waals surface area (Å²) in [6.45, 7) is 13.5. The Kier molecular flexibility index (Phi) is 14.6. The lowest BCUT2D eigenvalue weighted by Crippen LogP contribution is -2.25. The first kappa shape index (κ1) is 35.6. The first-order valence-corrected chi connectivity index (χ1v) is 14.0. The van der Waals surface area contributed by atoms with Gasteiger partial charge in [0, 0.05) is 30.7 Å². The van der Waals surface area contributed by atoms with Gasteiger partial charge in [-0.1, -0.05) is 56.7 Å². The number of anilines is 1. The molecule has 0 bridgehead atoms. The zero-order chi connectivity index (χ0) is 31.3. The van der Waals surface area contributed by atoms with Crippen LogP contribution in [0.25, 0.3) is 11.1 Å². The largest absolute Gasteiger partial charge is 0.416 e. The fraction of sp³-hybridized carbons (Fsp3) is 0.375. The first-order valence-electron chi connectivity index (χ1n) is 13.4.